The van der Waals surface area contributed by atoms with Gasteiger partial charge in [0.2, 0.25) is 0 Å². The van der Waals surface area contributed by atoms with E-state index in [-0.39, 0.29) is 6.10 Å². The summed E-state index contributed by atoms with van der Waals surface area (Å²) < 4.78 is 0. The van der Waals surface area contributed by atoms with E-state index in [1.165, 1.54) is 12.8 Å². The summed E-state index contributed by atoms with van der Waals surface area (Å²) in [5.41, 5.74) is 0.411. The second kappa shape index (κ2) is 1.98. The lowest BCUT2D eigenvalue weighted by Crippen LogP contribution is -2.41. The predicted octanol–water partition coefficient (Wildman–Crippen LogP) is 1.80. The molecule has 1 nitrogen and oxygen atoms in total. The van der Waals surface area contributed by atoms with Gasteiger partial charge in [0.1, 0.15) is 0 Å². The molecule has 0 aromatic heterocycles. The minimum atomic E-state index is -0.103. The lowest BCUT2D eigenvalue weighted by atomic mass is 9.61. The minimum absolute atomic E-state index is 0.103. The number of aliphatic hydroxyl groups excluding tert-OH is 1. The molecule has 0 aliphatic heterocycles. The van der Waals surface area contributed by atoms with E-state index >= 15 is 0 Å². The van der Waals surface area contributed by atoms with Gasteiger partial charge in [-0.25, -0.2) is 0 Å². The highest BCUT2D eigenvalue weighted by Gasteiger charge is 2.40. The molecule has 0 amide bonds. The highest BCUT2D eigenvalue weighted by Crippen LogP contribution is 2.47. The van der Waals surface area contributed by atoms with E-state index in [2.05, 4.69) is 13.8 Å². The van der Waals surface area contributed by atoms with Crippen LogP contribution in [0.2, 0.25) is 0 Å². The summed E-state index contributed by atoms with van der Waals surface area (Å²) in [6.07, 6.45) is 2.39. The van der Waals surface area contributed by atoms with Crippen LogP contribution >= 0.6 is 0 Å². The monoisotopic (exact) mass is 128 g/mol. The largest absolute Gasteiger partial charge is 0.393 e. The Bertz CT molecular complexity index is 105. The molecule has 0 radical (unpaired) electrons. The third-order valence-corrected chi connectivity index (χ3v) is 2.69. The van der Waals surface area contributed by atoms with Crippen molar-refractivity contribution in [2.24, 2.45) is 11.3 Å². The Morgan fingerprint density at radius 1 is 1.56 bits per heavy atom. The molecular formula is C8H16O. The van der Waals surface area contributed by atoms with Crippen molar-refractivity contribution in [1.82, 2.24) is 0 Å². The van der Waals surface area contributed by atoms with E-state index in [0.717, 1.165) is 0 Å². The summed E-state index contributed by atoms with van der Waals surface area (Å²) in [5, 5.41) is 9.21. The molecule has 9 heavy (non-hydrogen) atoms. The number of aliphatic hydroxyl groups is 1. The van der Waals surface area contributed by atoms with Gasteiger partial charge in [-0.3, -0.25) is 0 Å². The molecular weight excluding hydrogens is 112 g/mol. The molecule has 0 aromatic rings. The average Bonchev–Trinajstić information content (AvgIpc) is 1.62. The molecule has 1 fully saturated rings. The van der Waals surface area contributed by atoms with Crippen molar-refractivity contribution in [2.45, 2.75) is 39.7 Å². The Labute approximate surface area is 57.1 Å². The maximum atomic E-state index is 9.21. The SMILES string of the molecule is CC(O)C1CCC1(C)C. The van der Waals surface area contributed by atoms with Gasteiger partial charge in [0.05, 0.1) is 6.10 Å². The fourth-order valence-electron chi connectivity index (χ4n) is 1.78. The van der Waals surface area contributed by atoms with E-state index in [9.17, 15) is 5.11 Å². The van der Waals surface area contributed by atoms with Crippen LogP contribution in [-0.4, -0.2) is 11.2 Å². The maximum Gasteiger partial charge on any atom is 0.0545 e. The van der Waals surface area contributed by atoms with Crippen molar-refractivity contribution in [1.29, 1.82) is 0 Å². The highest BCUT2D eigenvalue weighted by atomic mass is 16.3. The normalized spacial score (nSPS) is 35.3. The van der Waals surface area contributed by atoms with E-state index < -0.39 is 0 Å². The second-order valence-electron chi connectivity index (χ2n) is 3.87. The fraction of sp³-hybridized carbons (Fsp3) is 1.00. The lowest BCUT2D eigenvalue weighted by Gasteiger charge is -2.46. The van der Waals surface area contributed by atoms with Crippen LogP contribution in [-0.2, 0) is 0 Å². The van der Waals surface area contributed by atoms with Gasteiger partial charge >= 0.3 is 0 Å². The molecule has 2 unspecified atom stereocenters. The van der Waals surface area contributed by atoms with Crippen molar-refractivity contribution in [2.75, 3.05) is 0 Å². The summed E-state index contributed by atoms with van der Waals surface area (Å²) in [7, 11) is 0. The van der Waals surface area contributed by atoms with Gasteiger partial charge < -0.3 is 5.11 Å². The molecule has 54 valence electrons. The van der Waals surface area contributed by atoms with Gasteiger partial charge in [-0.15, -0.1) is 0 Å². The Morgan fingerprint density at radius 3 is 2.11 bits per heavy atom. The van der Waals surface area contributed by atoms with Crippen LogP contribution in [0.5, 0.6) is 0 Å². The Balaban J connectivity index is 2.45. The molecule has 0 heterocycles. The van der Waals surface area contributed by atoms with Crippen molar-refractivity contribution < 1.29 is 5.11 Å². The zero-order valence-electron chi connectivity index (χ0n) is 6.52. The minimum Gasteiger partial charge on any atom is -0.393 e. The second-order valence-corrected chi connectivity index (χ2v) is 3.87. The van der Waals surface area contributed by atoms with Crippen LogP contribution < -0.4 is 0 Å². The number of hydrogen-bond donors (Lipinski definition) is 1. The Hall–Kier alpha value is -0.0400. The number of hydrogen-bond acceptors (Lipinski definition) is 1. The predicted molar refractivity (Wildman–Crippen MR) is 38.2 cm³/mol. The summed E-state index contributed by atoms with van der Waals surface area (Å²) >= 11 is 0. The van der Waals surface area contributed by atoms with E-state index in [0.29, 0.717) is 11.3 Å². The van der Waals surface area contributed by atoms with Crippen molar-refractivity contribution in [3.05, 3.63) is 0 Å². The van der Waals surface area contributed by atoms with Gasteiger partial charge in [-0.2, -0.15) is 0 Å². The zero-order valence-corrected chi connectivity index (χ0v) is 6.52. The third-order valence-electron chi connectivity index (χ3n) is 2.69. The first-order valence-electron chi connectivity index (χ1n) is 3.72. The van der Waals surface area contributed by atoms with Gasteiger partial charge in [-0.1, -0.05) is 13.8 Å². The Morgan fingerprint density at radius 2 is 2.11 bits per heavy atom. The first kappa shape index (κ1) is 7.07. The molecule has 1 rings (SSSR count). The Kier molecular flexibility index (Phi) is 1.55. The van der Waals surface area contributed by atoms with Crippen LogP contribution in [0.1, 0.15) is 33.6 Å². The van der Waals surface area contributed by atoms with E-state index in [1.54, 1.807) is 0 Å². The topological polar surface area (TPSA) is 20.2 Å². The summed E-state index contributed by atoms with van der Waals surface area (Å²) in [5.74, 6) is 0.553. The summed E-state index contributed by atoms with van der Waals surface area (Å²) in [6.45, 7) is 6.35. The van der Waals surface area contributed by atoms with Crippen LogP contribution in [0.3, 0.4) is 0 Å². The smallest absolute Gasteiger partial charge is 0.0545 e. The van der Waals surface area contributed by atoms with Gasteiger partial charge in [-0.05, 0) is 31.1 Å². The summed E-state index contributed by atoms with van der Waals surface area (Å²) in [4.78, 5) is 0. The van der Waals surface area contributed by atoms with Crippen molar-refractivity contribution in [3.63, 3.8) is 0 Å². The first-order valence-corrected chi connectivity index (χ1v) is 3.72. The van der Waals surface area contributed by atoms with E-state index in [4.69, 9.17) is 0 Å². The van der Waals surface area contributed by atoms with Crippen LogP contribution in [0.15, 0.2) is 0 Å². The number of rotatable bonds is 1. The zero-order chi connectivity index (χ0) is 7.07. The fourth-order valence-corrected chi connectivity index (χ4v) is 1.78. The molecule has 1 heteroatoms. The molecule has 0 spiro atoms. The molecule has 0 saturated heterocycles. The van der Waals surface area contributed by atoms with Crippen LogP contribution in [0.4, 0.5) is 0 Å². The average molecular weight is 128 g/mol. The van der Waals surface area contributed by atoms with Gasteiger partial charge in [0, 0.05) is 0 Å². The molecule has 0 aromatic carbocycles. The third kappa shape index (κ3) is 1.11. The maximum absolute atomic E-state index is 9.21. The first-order chi connectivity index (χ1) is 4.04. The summed E-state index contributed by atoms with van der Waals surface area (Å²) in [6, 6.07) is 0. The standard InChI is InChI=1S/C8H16O/c1-6(9)7-4-5-8(7,2)3/h6-7,9H,4-5H2,1-3H3. The molecule has 2 atom stereocenters. The highest BCUT2D eigenvalue weighted by molar-refractivity contribution is 4.90. The van der Waals surface area contributed by atoms with Gasteiger partial charge in [0.15, 0.2) is 0 Å². The van der Waals surface area contributed by atoms with Crippen molar-refractivity contribution in [3.8, 4) is 0 Å². The van der Waals surface area contributed by atoms with Gasteiger partial charge in [0.25, 0.3) is 0 Å². The van der Waals surface area contributed by atoms with E-state index in [1.807, 2.05) is 6.92 Å². The quantitative estimate of drug-likeness (QED) is 0.571. The molecule has 1 N–H and O–H groups in total. The lowest BCUT2D eigenvalue weighted by molar-refractivity contribution is -0.0296. The van der Waals surface area contributed by atoms with Crippen molar-refractivity contribution >= 4 is 0 Å². The molecule has 1 aliphatic carbocycles. The molecule has 1 saturated carbocycles. The van der Waals surface area contributed by atoms with Crippen LogP contribution in [0, 0.1) is 11.3 Å². The van der Waals surface area contributed by atoms with Crippen LogP contribution in [0.25, 0.3) is 0 Å². The molecule has 0 bridgehead atoms. The molecule has 1 aliphatic rings.